The Morgan fingerprint density at radius 3 is 2.48 bits per heavy atom. The quantitative estimate of drug-likeness (QED) is 0.629. The average molecular weight is 381 g/mol. The highest BCUT2D eigenvalue weighted by atomic mass is 16.2. The summed E-state index contributed by atoms with van der Waals surface area (Å²) in [4.78, 5) is 41.0. The van der Waals surface area contributed by atoms with Crippen LogP contribution in [0.5, 0.6) is 0 Å². The van der Waals surface area contributed by atoms with Gasteiger partial charge < -0.3 is 20.9 Å². The largest absolute Gasteiger partial charge is 0.370 e. The smallest absolute Gasteiger partial charge is 0.245 e. The van der Waals surface area contributed by atoms with Crippen molar-refractivity contribution in [1.29, 1.82) is 0 Å². The predicted molar refractivity (Wildman–Crippen MR) is 105 cm³/mol. The molecule has 2 fully saturated rings. The van der Waals surface area contributed by atoms with Gasteiger partial charge in [-0.15, -0.1) is 0 Å². The Morgan fingerprint density at radius 1 is 1.19 bits per heavy atom. The zero-order valence-electron chi connectivity index (χ0n) is 16.9. The van der Waals surface area contributed by atoms with Crippen LogP contribution in [0.3, 0.4) is 0 Å². The molecule has 7 heteroatoms. The molecule has 2 aliphatic rings. The molecule has 2 heterocycles. The molecule has 2 saturated heterocycles. The van der Waals surface area contributed by atoms with Crippen molar-refractivity contribution in [2.75, 3.05) is 26.2 Å². The van der Waals surface area contributed by atoms with E-state index in [4.69, 9.17) is 5.73 Å². The molecule has 2 aliphatic heterocycles. The SMILES string of the molecule is CCCCC(C(=O)N1CCC(CC(N)=O)CC1)N1CCNC(CCC)C1=O. The highest BCUT2D eigenvalue weighted by Crippen LogP contribution is 2.23. The van der Waals surface area contributed by atoms with Gasteiger partial charge in [0, 0.05) is 32.6 Å². The van der Waals surface area contributed by atoms with Crippen molar-refractivity contribution in [2.45, 2.75) is 77.3 Å². The number of hydrogen-bond acceptors (Lipinski definition) is 4. The predicted octanol–water partition coefficient (Wildman–Crippen LogP) is 1.26. The van der Waals surface area contributed by atoms with Crippen LogP contribution in [0.25, 0.3) is 0 Å². The topological polar surface area (TPSA) is 95.7 Å². The molecular formula is C20H36N4O3. The fraction of sp³-hybridized carbons (Fsp3) is 0.850. The van der Waals surface area contributed by atoms with Crippen LogP contribution in [-0.4, -0.2) is 65.8 Å². The van der Waals surface area contributed by atoms with Crippen LogP contribution >= 0.6 is 0 Å². The van der Waals surface area contributed by atoms with Gasteiger partial charge in [0.15, 0.2) is 0 Å². The molecular weight excluding hydrogens is 344 g/mol. The average Bonchev–Trinajstić information content (AvgIpc) is 2.65. The molecule has 0 aromatic carbocycles. The zero-order valence-corrected chi connectivity index (χ0v) is 16.9. The minimum absolute atomic E-state index is 0.0705. The van der Waals surface area contributed by atoms with Crippen molar-refractivity contribution in [3.05, 3.63) is 0 Å². The Hall–Kier alpha value is -1.63. The summed E-state index contributed by atoms with van der Waals surface area (Å²) in [6, 6.07) is -0.520. The van der Waals surface area contributed by atoms with Gasteiger partial charge in [-0.1, -0.05) is 33.1 Å². The second-order valence-electron chi connectivity index (χ2n) is 7.92. The summed E-state index contributed by atoms with van der Waals surface area (Å²) in [7, 11) is 0. The molecule has 2 unspecified atom stereocenters. The summed E-state index contributed by atoms with van der Waals surface area (Å²) in [6.07, 6.45) is 6.43. The summed E-state index contributed by atoms with van der Waals surface area (Å²) in [5.74, 6) is 0.150. The first kappa shape index (κ1) is 21.7. The van der Waals surface area contributed by atoms with Crippen molar-refractivity contribution in [2.24, 2.45) is 11.7 Å². The van der Waals surface area contributed by atoms with E-state index in [-0.39, 0.29) is 35.7 Å². The van der Waals surface area contributed by atoms with Crippen LogP contribution in [-0.2, 0) is 14.4 Å². The summed E-state index contributed by atoms with van der Waals surface area (Å²) in [5, 5.41) is 3.29. The van der Waals surface area contributed by atoms with E-state index in [1.807, 2.05) is 9.80 Å². The lowest BCUT2D eigenvalue weighted by Crippen LogP contribution is -2.61. The second-order valence-corrected chi connectivity index (χ2v) is 7.92. The Balaban J connectivity index is 2.03. The summed E-state index contributed by atoms with van der Waals surface area (Å²) >= 11 is 0. The van der Waals surface area contributed by atoms with Crippen molar-refractivity contribution < 1.29 is 14.4 Å². The van der Waals surface area contributed by atoms with Gasteiger partial charge in [-0.05, 0) is 31.6 Å². The summed E-state index contributed by atoms with van der Waals surface area (Å²) < 4.78 is 0. The summed E-state index contributed by atoms with van der Waals surface area (Å²) in [6.45, 7) is 6.82. The third-order valence-electron chi connectivity index (χ3n) is 5.81. The number of carbonyl (C=O) groups excluding carboxylic acids is 3. The van der Waals surface area contributed by atoms with Gasteiger partial charge in [-0.25, -0.2) is 0 Å². The first-order valence-electron chi connectivity index (χ1n) is 10.6. The molecule has 7 nitrogen and oxygen atoms in total. The first-order chi connectivity index (χ1) is 13.0. The number of nitrogens with one attached hydrogen (secondary N) is 1. The molecule has 0 saturated carbocycles. The number of unbranched alkanes of at least 4 members (excludes halogenated alkanes) is 1. The maximum Gasteiger partial charge on any atom is 0.245 e. The molecule has 0 aromatic rings. The molecule has 27 heavy (non-hydrogen) atoms. The maximum atomic E-state index is 13.3. The molecule has 3 N–H and O–H groups in total. The zero-order chi connectivity index (χ0) is 19.8. The molecule has 3 amide bonds. The highest BCUT2D eigenvalue weighted by Gasteiger charge is 2.38. The molecule has 2 atom stereocenters. The van der Waals surface area contributed by atoms with Crippen LogP contribution in [0.15, 0.2) is 0 Å². The molecule has 0 radical (unpaired) electrons. The fourth-order valence-electron chi connectivity index (χ4n) is 4.24. The number of hydrogen-bond donors (Lipinski definition) is 2. The first-order valence-corrected chi connectivity index (χ1v) is 10.6. The molecule has 0 bridgehead atoms. The normalized spacial score (nSPS) is 22.7. The van der Waals surface area contributed by atoms with Crippen LogP contribution in [0.1, 0.15) is 65.2 Å². The third kappa shape index (κ3) is 5.92. The number of piperidine rings is 1. The molecule has 0 aromatic heterocycles. The maximum absolute atomic E-state index is 13.3. The van der Waals surface area contributed by atoms with Crippen molar-refractivity contribution in [3.63, 3.8) is 0 Å². The van der Waals surface area contributed by atoms with E-state index in [9.17, 15) is 14.4 Å². The standard InChI is InChI=1S/C20H36N4O3/c1-3-5-7-17(24-13-10-22-16(6-4-2)19(24)26)20(27)23-11-8-15(9-12-23)14-18(21)25/h15-17,22H,3-14H2,1-2H3,(H2,21,25). The number of primary amides is 1. The monoisotopic (exact) mass is 380 g/mol. The molecule has 154 valence electrons. The van der Waals surface area contributed by atoms with Gasteiger partial charge in [0.2, 0.25) is 17.7 Å². The van der Waals surface area contributed by atoms with E-state index in [1.165, 1.54) is 0 Å². The van der Waals surface area contributed by atoms with Crippen LogP contribution in [0.2, 0.25) is 0 Å². The van der Waals surface area contributed by atoms with E-state index in [0.29, 0.717) is 26.1 Å². The fourth-order valence-corrected chi connectivity index (χ4v) is 4.24. The van der Waals surface area contributed by atoms with E-state index >= 15 is 0 Å². The van der Waals surface area contributed by atoms with Crippen LogP contribution in [0.4, 0.5) is 0 Å². The molecule has 2 rings (SSSR count). The Morgan fingerprint density at radius 2 is 1.89 bits per heavy atom. The third-order valence-corrected chi connectivity index (χ3v) is 5.81. The number of rotatable bonds is 9. The lowest BCUT2D eigenvalue weighted by atomic mass is 9.92. The van der Waals surface area contributed by atoms with Gasteiger partial charge in [0.1, 0.15) is 6.04 Å². The van der Waals surface area contributed by atoms with E-state index in [2.05, 4.69) is 19.2 Å². The Bertz CT molecular complexity index is 515. The van der Waals surface area contributed by atoms with E-state index in [1.54, 1.807) is 0 Å². The van der Waals surface area contributed by atoms with Gasteiger partial charge in [-0.3, -0.25) is 14.4 Å². The number of nitrogens with zero attached hydrogens (tertiary/aromatic N) is 2. The van der Waals surface area contributed by atoms with Gasteiger partial charge in [-0.2, -0.15) is 0 Å². The lowest BCUT2D eigenvalue weighted by Gasteiger charge is -2.41. The van der Waals surface area contributed by atoms with Gasteiger partial charge >= 0.3 is 0 Å². The van der Waals surface area contributed by atoms with Gasteiger partial charge in [0.25, 0.3) is 0 Å². The minimum atomic E-state index is -0.355. The van der Waals surface area contributed by atoms with E-state index in [0.717, 1.165) is 51.5 Å². The van der Waals surface area contributed by atoms with Crippen molar-refractivity contribution in [3.8, 4) is 0 Å². The number of likely N-dealkylation sites (tertiary alicyclic amines) is 1. The number of amides is 3. The minimum Gasteiger partial charge on any atom is -0.370 e. The Kier molecular flexibility index (Phi) is 8.54. The number of nitrogens with two attached hydrogens (primary N) is 1. The second kappa shape index (κ2) is 10.6. The Labute approximate surface area is 163 Å². The molecule has 0 spiro atoms. The highest BCUT2D eigenvalue weighted by molar-refractivity contribution is 5.90. The van der Waals surface area contributed by atoms with Gasteiger partial charge in [0.05, 0.1) is 6.04 Å². The van der Waals surface area contributed by atoms with Crippen molar-refractivity contribution >= 4 is 17.7 Å². The van der Waals surface area contributed by atoms with Crippen molar-refractivity contribution in [1.82, 2.24) is 15.1 Å². The van der Waals surface area contributed by atoms with Crippen LogP contribution in [0, 0.1) is 5.92 Å². The lowest BCUT2D eigenvalue weighted by molar-refractivity contribution is -0.150. The summed E-state index contributed by atoms with van der Waals surface area (Å²) in [5.41, 5.74) is 5.30. The molecule has 0 aliphatic carbocycles. The number of piperazine rings is 1. The van der Waals surface area contributed by atoms with E-state index < -0.39 is 0 Å². The number of carbonyl (C=O) groups is 3. The van der Waals surface area contributed by atoms with Crippen LogP contribution < -0.4 is 11.1 Å².